The van der Waals surface area contributed by atoms with Crippen molar-refractivity contribution < 1.29 is 18.0 Å². The molecule has 1 amide bonds. The zero-order valence-electron chi connectivity index (χ0n) is 14.5. The van der Waals surface area contributed by atoms with Gasteiger partial charge in [-0.25, -0.2) is 13.6 Å². The Bertz CT molecular complexity index is 908. The van der Waals surface area contributed by atoms with Crippen molar-refractivity contribution in [3.63, 3.8) is 0 Å². The van der Waals surface area contributed by atoms with Crippen LogP contribution in [0.4, 0.5) is 5.69 Å². The van der Waals surface area contributed by atoms with Gasteiger partial charge in [-0.05, 0) is 43.7 Å². The third kappa shape index (κ3) is 5.48. The summed E-state index contributed by atoms with van der Waals surface area (Å²) in [5.74, 6) is -0.318. The molecule has 2 aromatic rings. The Morgan fingerprint density at radius 2 is 1.77 bits per heavy atom. The van der Waals surface area contributed by atoms with Gasteiger partial charge in [0.1, 0.15) is 0 Å². The van der Waals surface area contributed by atoms with Crippen molar-refractivity contribution in [2.75, 3.05) is 5.32 Å². The lowest BCUT2D eigenvalue weighted by Gasteiger charge is -2.14. The summed E-state index contributed by atoms with van der Waals surface area (Å²) < 4.78 is 22.5. The summed E-state index contributed by atoms with van der Waals surface area (Å²) in [5.41, 5.74) is 1.89. The summed E-state index contributed by atoms with van der Waals surface area (Å²) in [6.07, 6.45) is 0. The maximum Gasteiger partial charge on any atom is 0.241 e. The largest absolute Gasteiger partial charge is 0.325 e. The van der Waals surface area contributed by atoms with Gasteiger partial charge >= 0.3 is 0 Å². The Kier molecular flexibility index (Phi) is 6.25. The van der Waals surface area contributed by atoms with E-state index in [0.29, 0.717) is 17.8 Å². The van der Waals surface area contributed by atoms with Crippen LogP contribution < -0.4 is 15.8 Å². The maximum atomic E-state index is 12.2. The number of primary sulfonamides is 1. The highest BCUT2D eigenvalue weighted by Crippen LogP contribution is 2.12. The van der Waals surface area contributed by atoms with Gasteiger partial charge in [-0.1, -0.05) is 24.3 Å². The molecule has 0 spiro atoms. The molecular weight excluding hydrogens is 354 g/mol. The molecule has 8 heteroatoms. The predicted molar refractivity (Wildman–Crippen MR) is 99.2 cm³/mol. The van der Waals surface area contributed by atoms with Gasteiger partial charge in [-0.2, -0.15) is 0 Å². The number of ketones is 1. The fourth-order valence-corrected chi connectivity index (χ4v) is 2.74. The topological polar surface area (TPSA) is 118 Å². The molecule has 0 radical (unpaired) electrons. The van der Waals surface area contributed by atoms with E-state index in [9.17, 15) is 18.0 Å². The Morgan fingerprint density at radius 3 is 2.35 bits per heavy atom. The first-order valence-electron chi connectivity index (χ1n) is 7.94. The lowest BCUT2D eigenvalue weighted by Crippen LogP contribution is -2.37. The van der Waals surface area contributed by atoms with Crippen molar-refractivity contribution in [3.05, 3.63) is 59.7 Å². The number of rotatable bonds is 7. The van der Waals surface area contributed by atoms with Gasteiger partial charge in [0.15, 0.2) is 5.78 Å². The van der Waals surface area contributed by atoms with Crippen molar-refractivity contribution in [1.82, 2.24) is 5.32 Å². The van der Waals surface area contributed by atoms with Crippen LogP contribution in [0.1, 0.15) is 29.8 Å². The number of sulfonamides is 1. The first-order chi connectivity index (χ1) is 12.2. The van der Waals surface area contributed by atoms with Gasteiger partial charge in [0.2, 0.25) is 15.9 Å². The number of carbonyl (C=O) groups excluding carboxylic acids is 2. The first kappa shape index (κ1) is 19.8. The first-order valence-corrected chi connectivity index (χ1v) is 9.48. The molecule has 0 aromatic heterocycles. The fourth-order valence-electron chi connectivity index (χ4n) is 2.23. The van der Waals surface area contributed by atoms with Gasteiger partial charge in [0.25, 0.3) is 0 Å². The van der Waals surface area contributed by atoms with Crippen LogP contribution in [0.5, 0.6) is 0 Å². The highest BCUT2D eigenvalue weighted by atomic mass is 32.2. The minimum Gasteiger partial charge on any atom is -0.325 e. The fraction of sp³-hybridized carbons (Fsp3) is 0.222. The van der Waals surface area contributed by atoms with E-state index in [4.69, 9.17) is 5.14 Å². The molecule has 0 bridgehead atoms. The van der Waals surface area contributed by atoms with E-state index in [1.54, 1.807) is 43.3 Å². The molecule has 1 unspecified atom stereocenters. The molecule has 7 nitrogen and oxygen atoms in total. The van der Waals surface area contributed by atoms with Gasteiger partial charge in [-0.3, -0.25) is 9.59 Å². The minimum absolute atomic E-state index is 0.0393. The molecule has 1 atom stereocenters. The van der Waals surface area contributed by atoms with Crippen LogP contribution in [0.25, 0.3) is 0 Å². The molecule has 4 N–H and O–H groups in total. The highest BCUT2D eigenvalue weighted by Gasteiger charge is 2.13. The number of hydrogen-bond donors (Lipinski definition) is 3. The summed E-state index contributed by atoms with van der Waals surface area (Å²) >= 11 is 0. The number of carbonyl (C=O) groups is 2. The highest BCUT2D eigenvalue weighted by molar-refractivity contribution is 7.89. The third-order valence-corrected chi connectivity index (χ3v) is 4.72. The molecule has 0 aliphatic rings. The van der Waals surface area contributed by atoms with Gasteiger partial charge < -0.3 is 10.6 Å². The second kappa shape index (κ2) is 8.22. The van der Waals surface area contributed by atoms with Crippen LogP contribution >= 0.6 is 0 Å². The molecule has 0 aliphatic carbocycles. The Labute approximate surface area is 152 Å². The summed E-state index contributed by atoms with van der Waals surface area (Å²) in [4.78, 5) is 23.7. The average molecular weight is 375 g/mol. The molecule has 0 aliphatic heterocycles. The van der Waals surface area contributed by atoms with Crippen LogP contribution in [0.15, 0.2) is 53.4 Å². The van der Waals surface area contributed by atoms with Gasteiger partial charge in [-0.15, -0.1) is 0 Å². The second-order valence-electron chi connectivity index (χ2n) is 5.92. The Balaban J connectivity index is 1.93. The number of Topliss-reactive ketones (excluding diaryl/α,β-unsaturated/α-hetero) is 1. The molecule has 0 saturated carbocycles. The molecule has 2 rings (SSSR count). The Morgan fingerprint density at radius 1 is 1.12 bits per heavy atom. The van der Waals surface area contributed by atoms with Crippen LogP contribution in [0.2, 0.25) is 0 Å². The average Bonchev–Trinajstić information content (AvgIpc) is 2.59. The van der Waals surface area contributed by atoms with Gasteiger partial charge in [0.05, 0.1) is 10.9 Å². The maximum absolute atomic E-state index is 12.2. The number of nitrogens with one attached hydrogen (secondary N) is 2. The van der Waals surface area contributed by atoms with E-state index in [1.165, 1.54) is 19.1 Å². The lowest BCUT2D eigenvalue weighted by atomic mass is 10.1. The standard InChI is InChI=1S/C18H21N3O4S/c1-12(18(23)21-16-5-3-4-15(10-16)13(2)22)20-11-14-6-8-17(9-7-14)26(19,24)25/h3-10,12,20H,11H2,1-2H3,(H,21,23)(H2,19,24,25). The third-order valence-electron chi connectivity index (χ3n) is 3.79. The van der Waals surface area contributed by atoms with Crippen LogP contribution in [0, 0.1) is 0 Å². The van der Waals surface area contributed by atoms with E-state index >= 15 is 0 Å². The summed E-state index contributed by atoms with van der Waals surface area (Å²) in [6.45, 7) is 3.56. The number of benzene rings is 2. The van der Waals surface area contributed by atoms with E-state index in [1.807, 2.05) is 0 Å². The predicted octanol–water partition coefficient (Wildman–Crippen LogP) is 1.65. The number of nitrogens with two attached hydrogens (primary N) is 1. The zero-order valence-corrected chi connectivity index (χ0v) is 15.3. The van der Waals surface area contributed by atoms with E-state index in [-0.39, 0.29) is 16.6 Å². The molecule has 2 aromatic carbocycles. The van der Waals surface area contributed by atoms with Crippen molar-refractivity contribution in [3.8, 4) is 0 Å². The molecule has 0 heterocycles. The van der Waals surface area contributed by atoms with Crippen molar-refractivity contribution in [2.45, 2.75) is 31.3 Å². The Hall–Kier alpha value is -2.55. The summed E-state index contributed by atoms with van der Waals surface area (Å²) in [6, 6.07) is 12.3. The van der Waals surface area contributed by atoms with Crippen molar-refractivity contribution in [2.24, 2.45) is 5.14 Å². The van der Waals surface area contributed by atoms with Crippen LogP contribution in [-0.2, 0) is 21.4 Å². The van der Waals surface area contributed by atoms with Crippen molar-refractivity contribution in [1.29, 1.82) is 0 Å². The zero-order chi connectivity index (χ0) is 19.3. The SMILES string of the molecule is CC(=O)c1cccc(NC(=O)C(C)NCc2ccc(S(N)(=O)=O)cc2)c1. The molecular formula is C18H21N3O4S. The molecule has 0 fully saturated rings. The number of amides is 1. The number of hydrogen-bond acceptors (Lipinski definition) is 5. The second-order valence-corrected chi connectivity index (χ2v) is 7.48. The van der Waals surface area contributed by atoms with E-state index in [2.05, 4.69) is 10.6 Å². The monoisotopic (exact) mass is 375 g/mol. The van der Waals surface area contributed by atoms with E-state index in [0.717, 1.165) is 5.56 Å². The van der Waals surface area contributed by atoms with Crippen molar-refractivity contribution >= 4 is 27.4 Å². The number of anilines is 1. The quantitative estimate of drug-likeness (QED) is 0.636. The van der Waals surface area contributed by atoms with Crippen LogP contribution in [-0.4, -0.2) is 26.2 Å². The summed E-state index contributed by atoms with van der Waals surface area (Å²) in [5, 5.41) is 10.9. The van der Waals surface area contributed by atoms with E-state index < -0.39 is 16.1 Å². The lowest BCUT2D eigenvalue weighted by molar-refractivity contribution is -0.117. The smallest absolute Gasteiger partial charge is 0.241 e. The molecule has 26 heavy (non-hydrogen) atoms. The van der Waals surface area contributed by atoms with Gasteiger partial charge in [0, 0.05) is 17.8 Å². The summed E-state index contributed by atoms with van der Waals surface area (Å²) in [7, 11) is -3.72. The molecule has 138 valence electrons. The molecule has 0 saturated heterocycles. The van der Waals surface area contributed by atoms with Crippen LogP contribution in [0.3, 0.4) is 0 Å². The minimum atomic E-state index is -3.72. The normalized spacial score (nSPS) is 12.4.